The number of anilines is 1. The molecule has 0 heterocycles. The van der Waals surface area contributed by atoms with Crippen molar-refractivity contribution in [3.63, 3.8) is 0 Å². The number of hydrogen-bond donors (Lipinski definition) is 1. The van der Waals surface area contributed by atoms with Crippen molar-refractivity contribution in [2.24, 2.45) is 0 Å². The van der Waals surface area contributed by atoms with Gasteiger partial charge in [0.15, 0.2) is 0 Å². The third-order valence-corrected chi connectivity index (χ3v) is 6.60. The topological polar surface area (TPSA) is 119 Å². The fraction of sp³-hybridized carbons (Fsp3) is 0.350. The number of nitro groups is 1. The van der Waals surface area contributed by atoms with E-state index in [9.17, 15) is 23.3 Å². The molecule has 2 aromatic carbocycles. The molecule has 2 aromatic rings. The zero-order chi connectivity index (χ0) is 22.5. The SMILES string of the molecule is COCCN(CC(=O)Nc1cccc(C)c1C)S(=O)(=O)c1ccc(C)c([N+](=O)[O-])c1. The number of hydrogen-bond acceptors (Lipinski definition) is 6. The lowest BCUT2D eigenvalue weighted by molar-refractivity contribution is -0.385. The molecule has 0 fully saturated rings. The van der Waals surface area contributed by atoms with Crippen molar-refractivity contribution in [1.82, 2.24) is 4.31 Å². The molecule has 0 aliphatic carbocycles. The molecular weight excluding hydrogens is 410 g/mol. The van der Waals surface area contributed by atoms with E-state index in [1.807, 2.05) is 19.9 Å². The number of benzene rings is 2. The molecule has 0 saturated carbocycles. The van der Waals surface area contributed by atoms with Crippen LogP contribution in [0.15, 0.2) is 41.3 Å². The summed E-state index contributed by atoms with van der Waals surface area (Å²) in [6, 6.07) is 9.11. The summed E-state index contributed by atoms with van der Waals surface area (Å²) in [5, 5.41) is 13.9. The standard InChI is InChI=1S/C20H25N3O6S/c1-14-6-5-7-18(16(14)3)21-20(24)13-22(10-11-29-4)30(27,28)17-9-8-15(2)19(12-17)23(25)26/h5-9,12H,10-11,13H2,1-4H3,(H,21,24). The first-order valence-corrected chi connectivity index (χ1v) is 10.6. The number of sulfonamides is 1. The number of carbonyl (C=O) groups is 1. The first-order chi connectivity index (χ1) is 14.1. The number of methoxy groups -OCH3 is 1. The second-order valence-corrected chi connectivity index (χ2v) is 8.77. The van der Waals surface area contributed by atoms with Gasteiger partial charge in [-0.2, -0.15) is 4.31 Å². The van der Waals surface area contributed by atoms with Crippen molar-refractivity contribution in [2.45, 2.75) is 25.7 Å². The summed E-state index contributed by atoms with van der Waals surface area (Å²) in [6.45, 7) is 4.81. The van der Waals surface area contributed by atoms with Crippen LogP contribution in [0, 0.1) is 30.9 Å². The average Bonchev–Trinajstić information content (AvgIpc) is 2.68. The third-order valence-electron chi connectivity index (χ3n) is 4.76. The highest BCUT2D eigenvalue weighted by molar-refractivity contribution is 7.89. The lowest BCUT2D eigenvalue weighted by atomic mass is 10.1. The van der Waals surface area contributed by atoms with Gasteiger partial charge in [0.25, 0.3) is 5.69 Å². The zero-order valence-corrected chi connectivity index (χ0v) is 18.2. The Bertz CT molecular complexity index is 1050. The number of nitrogens with one attached hydrogen (secondary N) is 1. The maximum atomic E-state index is 13.1. The molecule has 2 rings (SSSR count). The Kier molecular flexibility index (Phi) is 7.65. The third kappa shape index (κ3) is 5.41. The van der Waals surface area contributed by atoms with Crippen LogP contribution in [0.2, 0.25) is 0 Å². The second-order valence-electron chi connectivity index (χ2n) is 6.83. The Hall–Kier alpha value is -2.82. The second kappa shape index (κ2) is 9.79. The smallest absolute Gasteiger partial charge is 0.273 e. The fourth-order valence-electron chi connectivity index (χ4n) is 2.81. The highest BCUT2D eigenvalue weighted by Crippen LogP contribution is 2.25. The summed E-state index contributed by atoms with van der Waals surface area (Å²) in [5.74, 6) is -0.523. The van der Waals surface area contributed by atoms with Gasteiger partial charge >= 0.3 is 0 Å². The van der Waals surface area contributed by atoms with E-state index in [0.29, 0.717) is 11.3 Å². The van der Waals surface area contributed by atoms with E-state index >= 15 is 0 Å². The first kappa shape index (κ1) is 23.5. The van der Waals surface area contributed by atoms with Gasteiger partial charge in [-0.25, -0.2) is 8.42 Å². The summed E-state index contributed by atoms with van der Waals surface area (Å²) in [6.07, 6.45) is 0. The highest BCUT2D eigenvalue weighted by Gasteiger charge is 2.28. The van der Waals surface area contributed by atoms with Crippen molar-refractivity contribution >= 4 is 27.3 Å². The van der Waals surface area contributed by atoms with Gasteiger partial charge in [0, 0.05) is 31.0 Å². The number of aryl methyl sites for hydroxylation is 2. The molecule has 0 radical (unpaired) electrons. The summed E-state index contributed by atoms with van der Waals surface area (Å²) in [5.41, 5.74) is 2.50. The lowest BCUT2D eigenvalue weighted by Crippen LogP contribution is -2.40. The number of amides is 1. The van der Waals surface area contributed by atoms with Gasteiger partial charge in [-0.15, -0.1) is 0 Å². The Balaban J connectivity index is 2.32. The number of rotatable bonds is 9. The molecule has 1 amide bonds. The van der Waals surface area contributed by atoms with Gasteiger partial charge in [-0.05, 0) is 44.0 Å². The van der Waals surface area contributed by atoms with Crippen LogP contribution in [0.5, 0.6) is 0 Å². The van der Waals surface area contributed by atoms with Crippen molar-refractivity contribution in [3.05, 3.63) is 63.2 Å². The molecule has 0 aliphatic heterocycles. The largest absolute Gasteiger partial charge is 0.383 e. The molecule has 0 unspecified atom stereocenters. The van der Waals surface area contributed by atoms with Gasteiger partial charge in [-0.1, -0.05) is 18.2 Å². The highest BCUT2D eigenvalue weighted by atomic mass is 32.2. The van der Waals surface area contributed by atoms with E-state index < -0.39 is 27.4 Å². The van der Waals surface area contributed by atoms with Crippen LogP contribution in [-0.4, -0.2) is 50.4 Å². The Morgan fingerprint density at radius 3 is 2.50 bits per heavy atom. The van der Waals surface area contributed by atoms with Gasteiger partial charge in [0.2, 0.25) is 15.9 Å². The van der Waals surface area contributed by atoms with E-state index in [4.69, 9.17) is 4.74 Å². The summed E-state index contributed by atoms with van der Waals surface area (Å²) >= 11 is 0. The monoisotopic (exact) mass is 435 g/mol. The van der Waals surface area contributed by atoms with Crippen molar-refractivity contribution in [1.29, 1.82) is 0 Å². The van der Waals surface area contributed by atoms with Crippen molar-refractivity contribution in [3.8, 4) is 0 Å². The van der Waals surface area contributed by atoms with Crippen LogP contribution in [0.3, 0.4) is 0 Å². The predicted octanol–water partition coefficient (Wildman–Crippen LogP) is 2.80. The number of ether oxygens (including phenoxy) is 1. The molecule has 0 spiro atoms. The molecule has 162 valence electrons. The van der Waals surface area contributed by atoms with Crippen LogP contribution >= 0.6 is 0 Å². The Morgan fingerprint density at radius 2 is 1.87 bits per heavy atom. The normalized spacial score (nSPS) is 11.5. The Morgan fingerprint density at radius 1 is 1.17 bits per heavy atom. The molecule has 0 bridgehead atoms. The fourth-order valence-corrected chi connectivity index (χ4v) is 4.21. The van der Waals surface area contributed by atoms with E-state index in [-0.39, 0.29) is 23.7 Å². The molecule has 0 atom stereocenters. The molecule has 0 aromatic heterocycles. The van der Waals surface area contributed by atoms with Crippen molar-refractivity contribution < 1.29 is 22.9 Å². The van der Waals surface area contributed by atoms with Gasteiger partial charge in [0.1, 0.15) is 0 Å². The summed E-state index contributed by atoms with van der Waals surface area (Å²) in [7, 11) is -2.75. The molecule has 10 heteroatoms. The average molecular weight is 436 g/mol. The minimum Gasteiger partial charge on any atom is -0.383 e. The molecule has 1 N–H and O–H groups in total. The van der Waals surface area contributed by atoms with Gasteiger partial charge in [0.05, 0.1) is 23.0 Å². The summed E-state index contributed by atoms with van der Waals surface area (Å²) < 4.78 is 32.1. The van der Waals surface area contributed by atoms with E-state index in [1.165, 1.54) is 26.2 Å². The number of nitrogens with zero attached hydrogens (tertiary/aromatic N) is 2. The van der Waals surface area contributed by atoms with Crippen LogP contribution < -0.4 is 5.32 Å². The molecule has 9 nitrogen and oxygen atoms in total. The quantitative estimate of drug-likeness (QED) is 0.478. The number of nitro benzene ring substituents is 1. The summed E-state index contributed by atoms with van der Waals surface area (Å²) in [4.78, 5) is 22.9. The molecule has 0 saturated heterocycles. The minimum absolute atomic E-state index is 0.0595. The van der Waals surface area contributed by atoms with E-state index in [2.05, 4.69) is 5.32 Å². The first-order valence-electron chi connectivity index (χ1n) is 9.18. The zero-order valence-electron chi connectivity index (χ0n) is 17.3. The maximum absolute atomic E-state index is 13.1. The lowest BCUT2D eigenvalue weighted by Gasteiger charge is -2.22. The Labute approximate surface area is 175 Å². The van der Waals surface area contributed by atoms with Crippen LogP contribution in [0.1, 0.15) is 16.7 Å². The van der Waals surface area contributed by atoms with Gasteiger partial charge < -0.3 is 10.1 Å². The number of carbonyl (C=O) groups excluding carboxylic acids is 1. The van der Waals surface area contributed by atoms with Crippen LogP contribution in [-0.2, 0) is 19.6 Å². The molecular formula is C20H25N3O6S. The van der Waals surface area contributed by atoms with Crippen LogP contribution in [0.25, 0.3) is 0 Å². The van der Waals surface area contributed by atoms with Crippen LogP contribution in [0.4, 0.5) is 11.4 Å². The molecule has 0 aliphatic rings. The predicted molar refractivity (Wildman–Crippen MR) is 113 cm³/mol. The molecule has 30 heavy (non-hydrogen) atoms. The van der Waals surface area contributed by atoms with E-state index in [1.54, 1.807) is 12.1 Å². The minimum atomic E-state index is -4.16. The van der Waals surface area contributed by atoms with E-state index in [0.717, 1.165) is 21.5 Å². The van der Waals surface area contributed by atoms with Crippen molar-refractivity contribution in [2.75, 3.05) is 32.1 Å². The van der Waals surface area contributed by atoms with Gasteiger partial charge in [-0.3, -0.25) is 14.9 Å². The maximum Gasteiger partial charge on any atom is 0.273 e.